The molecule has 134 valence electrons. The number of nitrogens with zero attached hydrogens (tertiary/aromatic N) is 2. The van der Waals surface area contributed by atoms with E-state index in [4.69, 9.17) is 0 Å². The highest BCUT2D eigenvalue weighted by atomic mass is 79.9. The first-order valence-corrected chi connectivity index (χ1v) is 8.48. The molecule has 2 rings (SSSR count). The summed E-state index contributed by atoms with van der Waals surface area (Å²) < 4.78 is 0.852. The van der Waals surface area contributed by atoms with E-state index < -0.39 is 0 Å². The van der Waals surface area contributed by atoms with Crippen LogP contribution in [-0.2, 0) is 9.59 Å². The van der Waals surface area contributed by atoms with Gasteiger partial charge in [-0.15, -0.1) is 12.4 Å². The van der Waals surface area contributed by atoms with E-state index in [1.807, 2.05) is 30.0 Å². The molecule has 1 fully saturated rings. The van der Waals surface area contributed by atoms with Crippen LogP contribution in [0.3, 0.4) is 0 Å². The van der Waals surface area contributed by atoms with Crippen molar-refractivity contribution >= 4 is 45.8 Å². The minimum atomic E-state index is -0.134. The Labute approximate surface area is 157 Å². The predicted molar refractivity (Wildman–Crippen MR) is 102 cm³/mol. The molecule has 0 radical (unpaired) electrons. The highest BCUT2D eigenvalue weighted by molar-refractivity contribution is 9.10. The van der Waals surface area contributed by atoms with Gasteiger partial charge in [-0.05, 0) is 47.6 Å². The molecule has 0 spiro atoms. The van der Waals surface area contributed by atoms with Gasteiger partial charge < -0.3 is 15.5 Å². The van der Waals surface area contributed by atoms with Gasteiger partial charge in [0.2, 0.25) is 11.8 Å². The zero-order valence-corrected chi connectivity index (χ0v) is 16.4. The summed E-state index contributed by atoms with van der Waals surface area (Å²) in [5, 5.41) is 6.07. The van der Waals surface area contributed by atoms with Crippen LogP contribution in [0, 0.1) is 6.92 Å². The Morgan fingerprint density at radius 1 is 1.29 bits per heavy atom. The van der Waals surface area contributed by atoms with E-state index in [0.29, 0.717) is 0 Å². The van der Waals surface area contributed by atoms with Gasteiger partial charge in [-0.25, -0.2) is 0 Å². The molecule has 1 aliphatic heterocycles. The molecule has 0 aromatic heterocycles. The standard InChI is InChI=1S/C16H23BrN4O2.ClH/c1-12-3-4-14(13(17)9-12)19-15(22)10-20(2)11-16(23)21-7-5-18-6-8-21;/h3-4,9,18H,5-8,10-11H2,1-2H3,(H,19,22);1H. The fraction of sp³-hybridized carbons (Fsp3) is 0.500. The Balaban J connectivity index is 0.00000288. The van der Waals surface area contributed by atoms with Gasteiger partial charge >= 0.3 is 0 Å². The van der Waals surface area contributed by atoms with Gasteiger partial charge in [0.1, 0.15) is 0 Å². The second-order valence-electron chi connectivity index (χ2n) is 5.83. The van der Waals surface area contributed by atoms with Crippen LogP contribution in [0.1, 0.15) is 5.56 Å². The summed E-state index contributed by atoms with van der Waals surface area (Å²) in [5.74, 6) is -0.0662. The molecule has 0 aliphatic carbocycles. The molecule has 1 heterocycles. The molecule has 1 aliphatic rings. The lowest BCUT2D eigenvalue weighted by Crippen LogP contribution is -2.49. The number of carbonyl (C=O) groups excluding carboxylic acids is 2. The Kier molecular flexibility index (Phi) is 8.69. The summed E-state index contributed by atoms with van der Waals surface area (Å²) in [6.07, 6.45) is 0. The third-order valence-electron chi connectivity index (χ3n) is 3.69. The maximum Gasteiger partial charge on any atom is 0.238 e. The SMILES string of the molecule is Cc1ccc(NC(=O)CN(C)CC(=O)N2CCNCC2)c(Br)c1.Cl. The van der Waals surface area contributed by atoms with Crippen molar-refractivity contribution in [3.05, 3.63) is 28.2 Å². The van der Waals surface area contributed by atoms with E-state index in [9.17, 15) is 9.59 Å². The molecular weight excluding hydrogens is 396 g/mol. The third kappa shape index (κ3) is 6.39. The van der Waals surface area contributed by atoms with E-state index in [1.54, 1.807) is 11.9 Å². The molecule has 2 N–H and O–H groups in total. The van der Waals surface area contributed by atoms with Crippen LogP contribution in [0.15, 0.2) is 22.7 Å². The number of carbonyl (C=O) groups is 2. The fourth-order valence-corrected chi connectivity index (χ4v) is 3.05. The first-order valence-electron chi connectivity index (χ1n) is 7.69. The van der Waals surface area contributed by atoms with Gasteiger partial charge in [-0.1, -0.05) is 6.07 Å². The van der Waals surface area contributed by atoms with Crippen molar-refractivity contribution in [3.63, 3.8) is 0 Å². The van der Waals surface area contributed by atoms with Crippen molar-refractivity contribution in [1.29, 1.82) is 0 Å². The number of aryl methyl sites for hydroxylation is 1. The minimum absolute atomic E-state index is 0. The first-order chi connectivity index (χ1) is 11.0. The van der Waals surface area contributed by atoms with Crippen LogP contribution in [0.2, 0.25) is 0 Å². The molecule has 1 saturated heterocycles. The molecule has 0 unspecified atom stereocenters. The molecule has 1 aromatic carbocycles. The van der Waals surface area contributed by atoms with Crippen LogP contribution in [0.5, 0.6) is 0 Å². The number of hydrogen-bond donors (Lipinski definition) is 2. The Morgan fingerprint density at radius 2 is 1.96 bits per heavy atom. The highest BCUT2D eigenvalue weighted by Gasteiger charge is 2.18. The molecular formula is C16H24BrClN4O2. The molecule has 0 bridgehead atoms. The first kappa shape index (κ1) is 20.9. The number of amides is 2. The Hall–Kier alpha value is -1.15. The molecule has 6 nitrogen and oxygen atoms in total. The normalized spacial score (nSPS) is 14.2. The van der Waals surface area contributed by atoms with Crippen LogP contribution in [-0.4, -0.2) is 67.9 Å². The van der Waals surface area contributed by atoms with Crippen LogP contribution >= 0.6 is 28.3 Å². The highest BCUT2D eigenvalue weighted by Crippen LogP contribution is 2.23. The van der Waals surface area contributed by atoms with Gasteiger partial charge in [0, 0.05) is 30.7 Å². The molecule has 2 amide bonds. The lowest BCUT2D eigenvalue weighted by Gasteiger charge is -2.29. The molecule has 0 atom stereocenters. The third-order valence-corrected chi connectivity index (χ3v) is 4.34. The largest absolute Gasteiger partial charge is 0.339 e. The van der Waals surface area contributed by atoms with E-state index in [2.05, 4.69) is 26.6 Å². The zero-order valence-electron chi connectivity index (χ0n) is 14.0. The number of nitrogens with one attached hydrogen (secondary N) is 2. The quantitative estimate of drug-likeness (QED) is 0.759. The predicted octanol–water partition coefficient (Wildman–Crippen LogP) is 1.48. The number of anilines is 1. The Morgan fingerprint density at radius 3 is 2.58 bits per heavy atom. The number of hydrogen-bond acceptors (Lipinski definition) is 4. The summed E-state index contributed by atoms with van der Waals surface area (Å²) in [6.45, 7) is 5.55. The summed E-state index contributed by atoms with van der Waals surface area (Å²) in [5.41, 5.74) is 1.86. The van der Waals surface area contributed by atoms with E-state index in [-0.39, 0.29) is 37.3 Å². The van der Waals surface area contributed by atoms with Gasteiger partial charge in [-0.2, -0.15) is 0 Å². The number of likely N-dealkylation sites (N-methyl/N-ethyl adjacent to an activating group) is 1. The van der Waals surface area contributed by atoms with Crippen molar-refractivity contribution in [1.82, 2.24) is 15.1 Å². The van der Waals surface area contributed by atoms with E-state index in [0.717, 1.165) is 41.9 Å². The van der Waals surface area contributed by atoms with E-state index >= 15 is 0 Å². The van der Waals surface area contributed by atoms with Crippen molar-refractivity contribution in [3.8, 4) is 0 Å². The van der Waals surface area contributed by atoms with Gasteiger partial charge in [0.15, 0.2) is 0 Å². The number of rotatable bonds is 5. The fourth-order valence-electron chi connectivity index (χ4n) is 2.46. The average Bonchev–Trinajstić information content (AvgIpc) is 2.50. The van der Waals surface area contributed by atoms with Gasteiger partial charge in [0.05, 0.1) is 18.8 Å². The summed E-state index contributed by atoms with van der Waals surface area (Å²) in [6, 6.07) is 5.76. The van der Waals surface area contributed by atoms with Crippen LogP contribution in [0.25, 0.3) is 0 Å². The lowest BCUT2D eigenvalue weighted by molar-refractivity contribution is -0.133. The van der Waals surface area contributed by atoms with Gasteiger partial charge in [-0.3, -0.25) is 14.5 Å². The summed E-state index contributed by atoms with van der Waals surface area (Å²) in [7, 11) is 1.78. The van der Waals surface area contributed by atoms with E-state index in [1.165, 1.54) is 0 Å². The van der Waals surface area contributed by atoms with Gasteiger partial charge in [0.25, 0.3) is 0 Å². The van der Waals surface area contributed by atoms with Crippen molar-refractivity contribution in [2.75, 3.05) is 51.6 Å². The molecule has 24 heavy (non-hydrogen) atoms. The monoisotopic (exact) mass is 418 g/mol. The van der Waals surface area contributed by atoms with Crippen LogP contribution in [0.4, 0.5) is 5.69 Å². The molecule has 1 aromatic rings. The zero-order chi connectivity index (χ0) is 16.8. The number of piperazine rings is 1. The van der Waals surface area contributed by atoms with Crippen molar-refractivity contribution < 1.29 is 9.59 Å². The number of halogens is 2. The topological polar surface area (TPSA) is 64.7 Å². The van der Waals surface area contributed by atoms with Crippen molar-refractivity contribution in [2.24, 2.45) is 0 Å². The summed E-state index contributed by atoms with van der Waals surface area (Å²) >= 11 is 3.44. The van der Waals surface area contributed by atoms with Crippen molar-refractivity contribution in [2.45, 2.75) is 6.92 Å². The maximum absolute atomic E-state index is 12.2. The molecule has 0 saturated carbocycles. The second-order valence-corrected chi connectivity index (χ2v) is 6.69. The lowest BCUT2D eigenvalue weighted by atomic mass is 10.2. The smallest absolute Gasteiger partial charge is 0.238 e. The van der Waals surface area contributed by atoms with Crippen LogP contribution < -0.4 is 10.6 Å². The summed E-state index contributed by atoms with van der Waals surface area (Å²) in [4.78, 5) is 27.8. The molecule has 8 heteroatoms. The Bertz CT molecular complexity index is 579. The minimum Gasteiger partial charge on any atom is -0.339 e. The average molecular weight is 420 g/mol. The number of benzene rings is 1. The second kappa shape index (κ2) is 9.98. The maximum atomic E-state index is 12.2.